The highest BCUT2D eigenvalue weighted by molar-refractivity contribution is 7.20. The van der Waals surface area contributed by atoms with Gasteiger partial charge in [-0.1, -0.05) is 13.8 Å². The molecule has 1 amide bonds. The van der Waals surface area contributed by atoms with Gasteiger partial charge in [0.15, 0.2) is 0 Å². The number of hydrogen-bond donors (Lipinski definition) is 1. The Labute approximate surface area is 108 Å². The predicted molar refractivity (Wildman–Crippen MR) is 72.0 cm³/mol. The van der Waals surface area contributed by atoms with Crippen LogP contribution < -0.4 is 11.3 Å². The van der Waals surface area contributed by atoms with Crippen molar-refractivity contribution in [2.45, 2.75) is 27.3 Å². The zero-order valence-electron chi connectivity index (χ0n) is 10.6. The minimum Gasteiger partial charge on any atom is -0.365 e. The maximum absolute atomic E-state index is 12.3. The maximum Gasteiger partial charge on any atom is 0.262 e. The molecule has 2 rings (SSSR count). The molecular formula is C12H15N3O2S. The SMILES string of the molecule is Cc1c(C(N)=O)sc2ncn(CC(C)C)c(=O)c12. The van der Waals surface area contributed by atoms with Crippen molar-refractivity contribution in [2.24, 2.45) is 11.7 Å². The van der Waals surface area contributed by atoms with E-state index in [0.717, 1.165) is 0 Å². The van der Waals surface area contributed by atoms with Gasteiger partial charge in [0, 0.05) is 6.54 Å². The lowest BCUT2D eigenvalue weighted by Crippen LogP contribution is -2.22. The number of aromatic nitrogens is 2. The van der Waals surface area contributed by atoms with Gasteiger partial charge in [-0.05, 0) is 18.4 Å². The molecule has 0 bridgehead atoms. The third-order valence-electron chi connectivity index (χ3n) is 2.70. The van der Waals surface area contributed by atoms with Crippen LogP contribution in [0.2, 0.25) is 0 Å². The zero-order valence-corrected chi connectivity index (χ0v) is 11.4. The molecule has 2 aromatic heterocycles. The van der Waals surface area contributed by atoms with E-state index >= 15 is 0 Å². The molecule has 18 heavy (non-hydrogen) atoms. The molecule has 5 nitrogen and oxygen atoms in total. The van der Waals surface area contributed by atoms with Gasteiger partial charge in [0.1, 0.15) is 4.83 Å². The molecule has 0 radical (unpaired) electrons. The number of nitrogens with two attached hydrogens (primary N) is 1. The Kier molecular flexibility index (Phi) is 3.21. The number of nitrogens with zero attached hydrogens (tertiary/aromatic N) is 2. The Morgan fingerprint density at radius 1 is 1.56 bits per heavy atom. The predicted octanol–water partition coefficient (Wildman–Crippen LogP) is 1.52. The summed E-state index contributed by atoms with van der Waals surface area (Å²) < 4.78 is 1.58. The molecule has 0 spiro atoms. The standard InChI is InChI=1S/C12H15N3O2S/c1-6(2)4-15-5-14-11-8(12(15)17)7(3)9(18-11)10(13)16/h5-6H,4H2,1-3H3,(H2,13,16). The molecule has 0 fully saturated rings. The van der Waals surface area contributed by atoms with Crippen LogP contribution in [0.3, 0.4) is 0 Å². The van der Waals surface area contributed by atoms with Gasteiger partial charge in [0.05, 0.1) is 16.6 Å². The number of hydrogen-bond acceptors (Lipinski definition) is 4. The van der Waals surface area contributed by atoms with Crippen molar-refractivity contribution in [3.63, 3.8) is 0 Å². The van der Waals surface area contributed by atoms with Crippen molar-refractivity contribution >= 4 is 27.5 Å². The third-order valence-corrected chi connectivity index (χ3v) is 3.92. The van der Waals surface area contributed by atoms with Gasteiger partial charge in [0.25, 0.3) is 11.5 Å². The minimum atomic E-state index is -0.509. The second kappa shape index (κ2) is 4.53. The summed E-state index contributed by atoms with van der Waals surface area (Å²) in [5.41, 5.74) is 5.82. The molecule has 96 valence electrons. The highest BCUT2D eigenvalue weighted by Gasteiger charge is 2.17. The van der Waals surface area contributed by atoms with E-state index in [0.29, 0.717) is 33.1 Å². The van der Waals surface area contributed by atoms with Crippen molar-refractivity contribution in [3.8, 4) is 0 Å². The highest BCUT2D eigenvalue weighted by atomic mass is 32.1. The van der Waals surface area contributed by atoms with Gasteiger partial charge in [0.2, 0.25) is 0 Å². The Morgan fingerprint density at radius 3 is 2.78 bits per heavy atom. The molecule has 0 aromatic carbocycles. The maximum atomic E-state index is 12.3. The van der Waals surface area contributed by atoms with Crippen molar-refractivity contribution in [2.75, 3.05) is 0 Å². The van der Waals surface area contributed by atoms with Crippen molar-refractivity contribution in [1.82, 2.24) is 9.55 Å². The zero-order chi connectivity index (χ0) is 13.4. The van der Waals surface area contributed by atoms with Crippen molar-refractivity contribution in [3.05, 3.63) is 27.1 Å². The van der Waals surface area contributed by atoms with Crippen LogP contribution in [0.5, 0.6) is 0 Å². The largest absolute Gasteiger partial charge is 0.365 e. The van der Waals surface area contributed by atoms with Crippen molar-refractivity contribution in [1.29, 1.82) is 0 Å². The fourth-order valence-electron chi connectivity index (χ4n) is 1.92. The van der Waals surface area contributed by atoms with Crippen LogP contribution in [0.1, 0.15) is 29.1 Å². The first-order chi connectivity index (χ1) is 8.41. The van der Waals surface area contributed by atoms with Crippen LogP contribution >= 0.6 is 11.3 Å². The summed E-state index contributed by atoms with van der Waals surface area (Å²) in [5.74, 6) is -0.151. The number of carbonyl (C=O) groups is 1. The summed E-state index contributed by atoms with van der Waals surface area (Å²) in [4.78, 5) is 28.8. The van der Waals surface area contributed by atoms with Crippen LogP contribution in [0.15, 0.2) is 11.1 Å². The molecular weight excluding hydrogens is 250 g/mol. The van der Waals surface area contributed by atoms with E-state index in [1.54, 1.807) is 11.5 Å². The summed E-state index contributed by atoms with van der Waals surface area (Å²) >= 11 is 1.17. The van der Waals surface area contributed by atoms with Crippen molar-refractivity contribution < 1.29 is 4.79 Å². The fourth-order valence-corrected chi connectivity index (χ4v) is 2.91. The lowest BCUT2D eigenvalue weighted by atomic mass is 10.2. The molecule has 0 aliphatic heterocycles. The second-order valence-corrected chi connectivity index (χ2v) is 5.70. The molecule has 2 heterocycles. The number of aryl methyl sites for hydroxylation is 1. The molecule has 0 unspecified atom stereocenters. The van der Waals surface area contributed by atoms with E-state index in [1.165, 1.54) is 17.7 Å². The molecule has 0 aliphatic rings. The topological polar surface area (TPSA) is 78.0 Å². The smallest absolute Gasteiger partial charge is 0.262 e. The second-order valence-electron chi connectivity index (χ2n) is 4.70. The highest BCUT2D eigenvalue weighted by Crippen LogP contribution is 2.26. The number of carbonyl (C=O) groups excluding carboxylic acids is 1. The van der Waals surface area contributed by atoms with E-state index in [9.17, 15) is 9.59 Å². The van der Waals surface area contributed by atoms with E-state index in [-0.39, 0.29) is 5.56 Å². The Hall–Kier alpha value is -1.69. The summed E-state index contributed by atoms with van der Waals surface area (Å²) in [6.45, 7) is 6.42. The molecule has 2 N–H and O–H groups in total. The number of thiophene rings is 1. The molecule has 0 saturated heterocycles. The number of amides is 1. The molecule has 6 heteroatoms. The van der Waals surface area contributed by atoms with E-state index in [2.05, 4.69) is 4.98 Å². The van der Waals surface area contributed by atoms with Gasteiger partial charge in [-0.25, -0.2) is 4.98 Å². The van der Waals surface area contributed by atoms with Crippen LogP contribution in [0.25, 0.3) is 10.2 Å². The van der Waals surface area contributed by atoms with Gasteiger partial charge in [-0.15, -0.1) is 11.3 Å². The van der Waals surface area contributed by atoms with E-state index in [4.69, 9.17) is 5.73 Å². The van der Waals surface area contributed by atoms with Crippen LogP contribution in [-0.2, 0) is 6.54 Å². The van der Waals surface area contributed by atoms with Crippen LogP contribution in [0.4, 0.5) is 0 Å². The third kappa shape index (κ3) is 2.03. The lowest BCUT2D eigenvalue weighted by Gasteiger charge is -2.07. The Balaban J connectivity index is 2.70. The molecule has 0 atom stereocenters. The van der Waals surface area contributed by atoms with Gasteiger partial charge in [-0.3, -0.25) is 14.2 Å². The van der Waals surface area contributed by atoms with Gasteiger partial charge in [-0.2, -0.15) is 0 Å². The lowest BCUT2D eigenvalue weighted by molar-refractivity contribution is 0.100. The molecule has 2 aromatic rings. The average molecular weight is 265 g/mol. The monoisotopic (exact) mass is 265 g/mol. The minimum absolute atomic E-state index is 0.102. The average Bonchev–Trinajstić information content (AvgIpc) is 2.60. The Morgan fingerprint density at radius 2 is 2.22 bits per heavy atom. The van der Waals surface area contributed by atoms with E-state index < -0.39 is 5.91 Å². The molecule has 0 aliphatic carbocycles. The van der Waals surface area contributed by atoms with Gasteiger partial charge < -0.3 is 5.73 Å². The fraction of sp³-hybridized carbons (Fsp3) is 0.417. The first-order valence-electron chi connectivity index (χ1n) is 5.70. The quantitative estimate of drug-likeness (QED) is 0.914. The van der Waals surface area contributed by atoms with Crippen LogP contribution in [0, 0.1) is 12.8 Å². The normalized spacial score (nSPS) is 11.3. The summed E-state index contributed by atoms with van der Waals surface area (Å²) in [6.07, 6.45) is 1.53. The number of primary amides is 1. The molecule has 0 saturated carbocycles. The number of rotatable bonds is 3. The summed E-state index contributed by atoms with van der Waals surface area (Å²) in [7, 11) is 0. The summed E-state index contributed by atoms with van der Waals surface area (Å²) in [5, 5.41) is 0.511. The van der Waals surface area contributed by atoms with Crippen LogP contribution in [-0.4, -0.2) is 15.5 Å². The summed E-state index contributed by atoms with van der Waals surface area (Å²) in [6, 6.07) is 0. The van der Waals surface area contributed by atoms with Gasteiger partial charge >= 0.3 is 0 Å². The van der Waals surface area contributed by atoms with E-state index in [1.807, 2.05) is 13.8 Å². The first kappa shape index (κ1) is 12.8. The Bertz CT molecular complexity index is 670. The number of fused-ring (bicyclic) bond motifs is 1. The first-order valence-corrected chi connectivity index (χ1v) is 6.51.